The van der Waals surface area contributed by atoms with Crippen molar-refractivity contribution in [3.05, 3.63) is 29.6 Å². The van der Waals surface area contributed by atoms with Crippen molar-refractivity contribution in [2.75, 3.05) is 6.61 Å². The molecular formula is C13H15N3O2. The Bertz CT molecular complexity index is 464. The van der Waals surface area contributed by atoms with Gasteiger partial charge in [-0.15, -0.1) is 0 Å². The molecule has 1 heterocycles. The molecule has 2 N–H and O–H groups in total. The second-order valence-corrected chi connectivity index (χ2v) is 4.50. The number of carbonyl (C=O) groups is 1. The fourth-order valence-corrected chi connectivity index (χ4v) is 2.28. The van der Waals surface area contributed by atoms with Crippen LogP contribution in [0.2, 0.25) is 0 Å². The van der Waals surface area contributed by atoms with E-state index in [0.29, 0.717) is 11.3 Å². The minimum atomic E-state index is -0.246. The fourth-order valence-electron chi connectivity index (χ4n) is 2.28. The lowest BCUT2D eigenvalue weighted by atomic mass is 10.1. The van der Waals surface area contributed by atoms with E-state index in [1.54, 1.807) is 6.07 Å². The molecule has 2 unspecified atom stereocenters. The van der Waals surface area contributed by atoms with Gasteiger partial charge in [0.1, 0.15) is 11.8 Å². The van der Waals surface area contributed by atoms with E-state index in [4.69, 9.17) is 5.26 Å². The third-order valence-electron chi connectivity index (χ3n) is 3.34. The Balaban J connectivity index is 2.01. The van der Waals surface area contributed by atoms with E-state index in [0.717, 1.165) is 19.3 Å². The molecule has 1 saturated carbocycles. The number of aliphatic hydroxyl groups is 1. The van der Waals surface area contributed by atoms with Gasteiger partial charge in [-0.2, -0.15) is 5.26 Å². The van der Waals surface area contributed by atoms with Crippen LogP contribution in [0.25, 0.3) is 0 Å². The number of nitriles is 1. The molecule has 1 fully saturated rings. The standard InChI is InChI=1S/C13H15N3O2/c14-6-9-4-5-12(15-7-9)13(18)16-11-3-1-2-10(11)8-17/h4-5,7,10-11,17H,1-3,8H2,(H,16,18). The summed E-state index contributed by atoms with van der Waals surface area (Å²) in [6.07, 6.45) is 4.25. The van der Waals surface area contributed by atoms with Crippen molar-refractivity contribution < 1.29 is 9.90 Å². The summed E-state index contributed by atoms with van der Waals surface area (Å²) in [6.45, 7) is 0.103. The van der Waals surface area contributed by atoms with Gasteiger partial charge in [-0.25, -0.2) is 4.98 Å². The number of hydrogen-bond acceptors (Lipinski definition) is 4. The maximum atomic E-state index is 11.9. The number of carbonyl (C=O) groups excluding carboxylic acids is 1. The number of nitrogens with zero attached hydrogens (tertiary/aromatic N) is 2. The first-order valence-electron chi connectivity index (χ1n) is 6.02. The summed E-state index contributed by atoms with van der Waals surface area (Å²) in [4.78, 5) is 15.9. The highest BCUT2D eigenvalue weighted by Crippen LogP contribution is 2.25. The molecule has 0 saturated heterocycles. The quantitative estimate of drug-likeness (QED) is 0.826. The highest BCUT2D eigenvalue weighted by atomic mass is 16.3. The Morgan fingerprint density at radius 3 is 3.00 bits per heavy atom. The smallest absolute Gasteiger partial charge is 0.270 e. The number of hydrogen-bond donors (Lipinski definition) is 2. The molecule has 94 valence electrons. The van der Waals surface area contributed by atoms with Crippen molar-refractivity contribution in [1.29, 1.82) is 5.26 Å². The van der Waals surface area contributed by atoms with Crippen LogP contribution in [0.3, 0.4) is 0 Å². The zero-order valence-electron chi connectivity index (χ0n) is 9.97. The monoisotopic (exact) mass is 245 g/mol. The lowest BCUT2D eigenvalue weighted by Gasteiger charge is -2.18. The highest BCUT2D eigenvalue weighted by Gasteiger charge is 2.28. The largest absolute Gasteiger partial charge is 0.396 e. The third kappa shape index (κ3) is 2.66. The summed E-state index contributed by atoms with van der Waals surface area (Å²) in [6, 6.07) is 5.09. The van der Waals surface area contributed by atoms with Gasteiger partial charge < -0.3 is 10.4 Å². The van der Waals surface area contributed by atoms with Crippen LogP contribution in [0.5, 0.6) is 0 Å². The van der Waals surface area contributed by atoms with E-state index in [2.05, 4.69) is 10.3 Å². The second kappa shape index (κ2) is 5.61. The first-order valence-corrected chi connectivity index (χ1v) is 6.02. The Hall–Kier alpha value is -1.93. The maximum absolute atomic E-state index is 11.9. The Morgan fingerprint density at radius 1 is 1.56 bits per heavy atom. The Kier molecular flexibility index (Phi) is 3.90. The van der Waals surface area contributed by atoms with Gasteiger partial charge in [0.05, 0.1) is 5.56 Å². The minimum absolute atomic E-state index is 0.0277. The summed E-state index contributed by atoms with van der Waals surface area (Å²) >= 11 is 0. The molecule has 0 spiro atoms. The van der Waals surface area contributed by atoms with Crippen molar-refractivity contribution >= 4 is 5.91 Å². The van der Waals surface area contributed by atoms with Crippen LogP contribution in [-0.2, 0) is 0 Å². The first-order chi connectivity index (χ1) is 8.74. The van der Waals surface area contributed by atoms with E-state index < -0.39 is 0 Å². The molecule has 0 aliphatic heterocycles. The summed E-state index contributed by atoms with van der Waals surface area (Å²) in [5.41, 5.74) is 0.734. The van der Waals surface area contributed by atoms with E-state index in [9.17, 15) is 9.90 Å². The van der Waals surface area contributed by atoms with Gasteiger partial charge in [-0.05, 0) is 25.0 Å². The zero-order chi connectivity index (χ0) is 13.0. The van der Waals surface area contributed by atoms with Crippen LogP contribution in [0.4, 0.5) is 0 Å². The molecule has 0 aromatic carbocycles. The molecule has 0 bridgehead atoms. The molecule has 2 atom stereocenters. The van der Waals surface area contributed by atoms with Gasteiger partial charge in [-0.1, -0.05) is 6.42 Å². The van der Waals surface area contributed by atoms with Gasteiger partial charge in [0.2, 0.25) is 0 Å². The summed E-state index contributed by atoms with van der Waals surface area (Å²) in [5.74, 6) is -0.0998. The number of rotatable bonds is 3. The maximum Gasteiger partial charge on any atom is 0.270 e. The molecule has 1 aromatic heterocycles. The van der Waals surface area contributed by atoms with Crippen molar-refractivity contribution in [2.24, 2.45) is 5.92 Å². The number of amides is 1. The average Bonchev–Trinajstić information content (AvgIpc) is 2.86. The minimum Gasteiger partial charge on any atom is -0.396 e. The van der Waals surface area contributed by atoms with Crippen molar-refractivity contribution in [3.8, 4) is 6.07 Å². The predicted molar refractivity (Wildman–Crippen MR) is 64.6 cm³/mol. The number of aliphatic hydroxyl groups excluding tert-OH is 1. The molecule has 1 aliphatic rings. The normalized spacial score (nSPS) is 22.4. The topological polar surface area (TPSA) is 86.0 Å². The van der Waals surface area contributed by atoms with Crippen molar-refractivity contribution in [1.82, 2.24) is 10.3 Å². The molecule has 5 heteroatoms. The molecule has 18 heavy (non-hydrogen) atoms. The van der Waals surface area contributed by atoms with Gasteiger partial charge in [0.25, 0.3) is 5.91 Å². The van der Waals surface area contributed by atoms with Crippen LogP contribution in [0, 0.1) is 17.2 Å². The average molecular weight is 245 g/mol. The van der Waals surface area contributed by atoms with Crippen LogP contribution in [-0.4, -0.2) is 28.6 Å². The van der Waals surface area contributed by atoms with Gasteiger partial charge in [0, 0.05) is 24.8 Å². The highest BCUT2D eigenvalue weighted by molar-refractivity contribution is 5.92. The first kappa shape index (κ1) is 12.5. The van der Waals surface area contributed by atoms with Crippen LogP contribution in [0.15, 0.2) is 18.3 Å². The summed E-state index contributed by atoms with van der Waals surface area (Å²) < 4.78 is 0. The lowest BCUT2D eigenvalue weighted by Crippen LogP contribution is -2.38. The molecule has 2 rings (SSSR count). The predicted octanol–water partition coefficient (Wildman–Crippen LogP) is 0.844. The van der Waals surface area contributed by atoms with E-state index >= 15 is 0 Å². The van der Waals surface area contributed by atoms with Crippen molar-refractivity contribution in [2.45, 2.75) is 25.3 Å². The number of nitrogens with one attached hydrogen (secondary N) is 1. The fraction of sp³-hybridized carbons (Fsp3) is 0.462. The van der Waals surface area contributed by atoms with E-state index in [1.165, 1.54) is 12.3 Å². The molecule has 0 radical (unpaired) electrons. The van der Waals surface area contributed by atoms with Crippen LogP contribution < -0.4 is 5.32 Å². The van der Waals surface area contributed by atoms with Gasteiger partial charge in [0.15, 0.2) is 0 Å². The lowest BCUT2D eigenvalue weighted by molar-refractivity contribution is 0.0911. The van der Waals surface area contributed by atoms with Crippen LogP contribution in [0.1, 0.15) is 35.3 Å². The molecule has 1 aromatic rings. The summed E-state index contributed by atoms with van der Waals surface area (Å²) in [5, 5.41) is 20.7. The third-order valence-corrected chi connectivity index (χ3v) is 3.34. The Morgan fingerprint density at radius 2 is 2.39 bits per heavy atom. The molecule has 5 nitrogen and oxygen atoms in total. The molecular weight excluding hydrogens is 230 g/mol. The second-order valence-electron chi connectivity index (χ2n) is 4.50. The van der Waals surface area contributed by atoms with Gasteiger partial charge >= 0.3 is 0 Å². The van der Waals surface area contributed by atoms with Gasteiger partial charge in [-0.3, -0.25) is 4.79 Å². The van der Waals surface area contributed by atoms with E-state index in [-0.39, 0.29) is 24.5 Å². The number of pyridine rings is 1. The van der Waals surface area contributed by atoms with E-state index in [1.807, 2.05) is 6.07 Å². The SMILES string of the molecule is N#Cc1ccc(C(=O)NC2CCCC2CO)nc1. The number of aromatic nitrogens is 1. The van der Waals surface area contributed by atoms with Crippen molar-refractivity contribution in [3.63, 3.8) is 0 Å². The molecule has 1 amide bonds. The molecule has 1 aliphatic carbocycles. The Labute approximate surface area is 105 Å². The van der Waals surface area contributed by atoms with Crippen LogP contribution >= 0.6 is 0 Å². The summed E-state index contributed by atoms with van der Waals surface area (Å²) in [7, 11) is 0. The zero-order valence-corrected chi connectivity index (χ0v) is 9.97.